The van der Waals surface area contributed by atoms with Crippen molar-refractivity contribution in [3.63, 3.8) is 0 Å². The molecular weight excluding hydrogens is 320 g/mol. The van der Waals surface area contributed by atoms with Crippen LogP contribution in [0, 0.1) is 22.7 Å². The van der Waals surface area contributed by atoms with Crippen molar-refractivity contribution in [2.45, 2.75) is 129 Å². The highest BCUT2D eigenvalue weighted by Gasteiger charge is 2.27. The van der Waals surface area contributed by atoms with E-state index in [0.29, 0.717) is 0 Å². The zero-order valence-corrected chi connectivity index (χ0v) is 17.7. The van der Waals surface area contributed by atoms with Crippen LogP contribution in [0.3, 0.4) is 0 Å². The van der Waals surface area contributed by atoms with Gasteiger partial charge in [0.1, 0.15) is 0 Å². The number of rotatable bonds is 16. The first kappa shape index (κ1) is 24.6. The third-order valence-corrected chi connectivity index (χ3v) is 5.01. The van der Waals surface area contributed by atoms with Gasteiger partial charge in [-0.2, -0.15) is 20.8 Å². The summed E-state index contributed by atoms with van der Waals surface area (Å²) in [6.07, 6.45) is 15.8. The molecule has 0 aromatic carbocycles. The highest BCUT2D eigenvalue weighted by molar-refractivity contribution is 5.07. The molecule has 0 aliphatic carbocycles. The first-order valence-corrected chi connectivity index (χ1v) is 10.7. The van der Waals surface area contributed by atoms with Gasteiger partial charge in [-0.1, -0.05) is 78.1 Å². The SMILES string of the molecule is CCCCCCCCC(C)(C#N)/N=N/C(C)(C#N)CCCCCCCC. The van der Waals surface area contributed by atoms with E-state index in [1.165, 1.54) is 51.4 Å². The van der Waals surface area contributed by atoms with Gasteiger partial charge in [-0.25, -0.2) is 0 Å². The predicted molar refractivity (Wildman–Crippen MR) is 109 cm³/mol. The molecule has 2 unspecified atom stereocenters. The van der Waals surface area contributed by atoms with E-state index in [1.54, 1.807) is 0 Å². The van der Waals surface area contributed by atoms with Crippen LogP contribution < -0.4 is 0 Å². The molecule has 4 nitrogen and oxygen atoms in total. The van der Waals surface area contributed by atoms with Crippen LogP contribution in [-0.4, -0.2) is 11.1 Å². The first-order valence-electron chi connectivity index (χ1n) is 10.7. The lowest BCUT2D eigenvalue weighted by Gasteiger charge is -2.19. The summed E-state index contributed by atoms with van der Waals surface area (Å²) in [5.41, 5.74) is -1.60. The topological polar surface area (TPSA) is 72.3 Å². The standard InChI is InChI=1S/C22H40N4/c1-5-7-9-11-13-15-17-21(3,19-23)25-26-22(4,20-24)18-16-14-12-10-8-6-2/h5-18H2,1-4H3/b26-25+. The van der Waals surface area contributed by atoms with Gasteiger partial charge in [-0.15, -0.1) is 0 Å². The summed E-state index contributed by atoms with van der Waals surface area (Å²) in [7, 11) is 0. The van der Waals surface area contributed by atoms with E-state index in [1.807, 2.05) is 13.8 Å². The molecule has 26 heavy (non-hydrogen) atoms. The van der Waals surface area contributed by atoms with Crippen LogP contribution >= 0.6 is 0 Å². The number of azo groups is 1. The Bertz CT molecular complexity index is 418. The van der Waals surface area contributed by atoms with Crippen LogP contribution in [0.25, 0.3) is 0 Å². The van der Waals surface area contributed by atoms with Gasteiger partial charge in [0.25, 0.3) is 0 Å². The Morgan fingerprint density at radius 1 is 0.577 bits per heavy atom. The zero-order valence-electron chi connectivity index (χ0n) is 17.7. The maximum Gasteiger partial charge on any atom is 0.164 e. The molecule has 0 aromatic rings. The van der Waals surface area contributed by atoms with Crippen molar-refractivity contribution in [3.8, 4) is 12.1 Å². The second-order valence-electron chi connectivity index (χ2n) is 8.01. The van der Waals surface area contributed by atoms with E-state index in [-0.39, 0.29) is 0 Å². The molecule has 0 aliphatic rings. The van der Waals surface area contributed by atoms with E-state index in [4.69, 9.17) is 0 Å². The summed E-state index contributed by atoms with van der Waals surface area (Å²) in [6, 6.07) is 4.60. The largest absolute Gasteiger partial charge is 0.196 e. The van der Waals surface area contributed by atoms with Crippen molar-refractivity contribution in [2.24, 2.45) is 10.2 Å². The van der Waals surface area contributed by atoms with Crippen molar-refractivity contribution in [2.75, 3.05) is 0 Å². The van der Waals surface area contributed by atoms with Gasteiger partial charge in [0, 0.05) is 0 Å². The Labute approximate surface area is 162 Å². The molecule has 0 N–H and O–H groups in total. The van der Waals surface area contributed by atoms with E-state index >= 15 is 0 Å². The van der Waals surface area contributed by atoms with Gasteiger partial charge in [-0.3, -0.25) is 0 Å². The molecular formula is C22H40N4. The molecule has 0 aliphatic heterocycles. The highest BCUT2D eigenvalue weighted by Crippen LogP contribution is 2.25. The zero-order chi connectivity index (χ0) is 19.7. The predicted octanol–water partition coefficient (Wildman–Crippen LogP) is 7.50. The van der Waals surface area contributed by atoms with E-state index < -0.39 is 11.1 Å². The Balaban J connectivity index is 4.37. The Hall–Kier alpha value is -1.42. The second-order valence-corrected chi connectivity index (χ2v) is 8.01. The van der Waals surface area contributed by atoms with Gasteiger partial charge in [0.05, 0.1) is 12.1 Å². The molecule has 0 saturated carbocycles. The number of nitriles is 2. The van der Waals surface area contributed by atoms with E-state index in [2.05, 4.69) is 36.2 Å². The Morgan fingerprint density at radius 2 is 0.885 bits per heavy atom. The summed E-state index contributed by atoms with van der Waals surface area (Å²) in [4.78, 5) is 0. The van der Waals surface area contributed by atoms with Gasteiger partial charge >= 0.3 is 0 Å². The molecule has 0 bridgehead atoms. The Kier molecular flexibility index (Phi) is 13.9. The number of unbranched alkanes of at least 4 members (excludes halogenated alkanes) is 10. The molecule has 0 saturated heterocycles. The maximum absolute atomic E-state index is 9.51. The summed E-state index contributed by atoms with van der Waals surface area (Å²) in [5.74, 6) is 0. The van der Waals surface area contributed by atoms with E-state index in [0.717, 1.165) is 38.5 Å². The Morgan fingerprint density at radius 3 is 1.19 bits per heavy atom. The molecule has 0 radical (unpaired) electrons. The quantitative estimate of drug-likeness (QED) is 0.211. The van der Waals surface area contributed by atoms with Crippen molar-refractivity contribution < 1.29 is 0 Å². The fourth-order valence-corrected chi connectivity index (χ4v) is 2.98. The van der Waals surface area contributed by atoms with Crippen LogP contribution in [-0.2, 0) is 0 Å². The molecule has 0 amide bonds. The average molecular weight is 361 g/mol. The summed E-state index contributed by atoms with van der Waals surface area (Å²) in [5, 5.41) is 27.7. The fraction of sp³-hybridized carbons (Fsp3) is 0.909. The smallest absolute Gasteiger partial charge is 0.164 e. The van der Waals surface area contributed by atoms with Crippen molar-refractivity contribution in [3.05, 3.63) is 0 Å². The third kappa shape index (κ3) is 12.0. The first-order chi connectivity index (χ1) is 12.4. The van der Waals surface area contributed by atoms with E-state index in [9.17, 15) is 10.5 Å². The molecule has 0 spiro atoms. The minimum Gasteiger partial charge on any atom is -0.196 e. The van der Waals surface area contributed by atoms with Crippen LogP contribution in [0.5, 0.6) is 0 Å². The van der Waals surface area contributed by atoms with Gasteiger partial charge in [0.15, 0.2) is 11.1 Å². The van der Waals surface area contributed by atoms with Crippen LogP contribution in [0.1, 0.15) is 118 Å². The summed E-state index contributed by atoms with van der Waals surface area (Å²) >= 11 is 0. The molecule has 0 heterocycles. The maximum atomic E-state index is 9.51. The van der Waals surface area contributed by atoms with Gasteiger partial charge in [-0.05, 0) is 39.5 Å². The average Bonchev–Trinajstić information content (AvgIpc) is 2.66. The second kappa shape index (κ2) is 14.7. The summed E-state index contributed by atoms with van der Waals surface area (Å²) < 4.78 is 0. The molecule has 4 heteroatoms. The molecule has 0 aromatic heterocycles. The van der Waals surface area contributed by atoms with Crippen LogP contribution in [0.4, 0.5) is 0 Å². The minimum absolute atomic E-state index is 0.720. The lowest BCUT2D eigenvalue weighted by molar-refractivity contribution is 0.422. The minimum atomic E-state index is -0.802. The lowest BCUT2D eigenvalue weighted by atomic mass is 9.95. The van der Waals surface area contributed by atoms with Crippen molar-refractivity contribution in [1.29, 1.82) is 10.5 Å². The third-order valence-electron chi connectivity index (χ3n) is 5.01. The molecule has 0 rings (SSSR count). The summed E-state index contributed by atoms with van der Waals surface area (Å²) in [6.45, 7) is 8.10. The van der Waals surface area contributed by atoms with Crippen LogP contribution in [0.2, 0.25) is 0 Å². The number of hydrogen-bond donors (Lipinski definition) is 0. The number of nitrogens with zero attached hydrogens (tertiary/aromatic N) is 4. The van der Waals surface area contributed by atoms with Gasteiger partial charge in [0.2, 0.25) is 0 Å². The highest BCUT2D eigenvalue weighted by atomic mass is 15.2. The van der Waals surface area contributed by atoms with Crippen molar-refractivity contribution >= 4 is 0 Å². The molecule has 0 fully saturated rings. The lowest BCUT2D eigenvalue weighted by Crippen LogP contribution is -2.23. The molecule has 2 atom stereocenters. The normalized spacial score (nSPS) is 15.9. The van der Waals surface area contributed by atoms with Crippen molar-refractivity contribution in [1.82, 2.24) is 0 Å². The van der Waals surface area contributed by atoms with Gasteiger partial charge < -0.3 is 0 Å². The fourth-order valence-electron chi connectivity index (χ4n) is 2.98. The molecule has 148 valence electrons. The van der Waals surface area contributed by atoms with Crippen LogP contribution in [0.15, 0.2) is 10.2 Å². The monoisotopic (exact) mass is 360 g/mol. The number of hydrogen-bond acceptors (Lipinski definition) is 4.